The molecule has 0 bridgehead atoms. The Morgan fingerprint density at radius 1 is 0.711 bits per heavy atom. The van der Waals surface area contributed by atoms with Crippen LogP contribution in [0.4, 0.5) is 18.0 Å². The predicted molar refractivity (Wildman–Crippen MR) is 166 cm³/mol. The van der Waals surface area contributed by atoms with Gasteiger partial charge < -0.3 is 26.0 Å². The number of hydrogen-bond donors (Lipinski definition) is 4. The molecule has 45 heavy (non-hydrogen) atoms. The topological polar surface area (TPSA) is 143 Å². The second-order valence-corrected chi connectivity index (χ2v) is 10.1. The number of alkyl carbamates (subject to hydrolysis) is 1. The van der Waals surface area contributed by atoms with Crippen LogP contribution in [0.1, 0.15) is 35.7 Å². The Morgan fingerprint density at radius 2 is 1.22 bits per heavy atom. The lowest BCUT2D eigenvalue weighted by molar-refractivity contribution is -0.152. The molecule has 0 saturated heterocycles. The van der Waals surface area contributed by atoms with Gasteiger partial charge in [-0.05, 0) is 23.6 Å². The molecule has 4 N–H and O–H groups in total. The number of hydrogen-bond acceptors (Lipinski definition) is 6. The van der Waals surface area contributed by atoms with Gasteiger partial charge in [-0.1, -0.05) is 91.0 Å². The maximum atomic E-state index is 13.5. The zero-order valence-corrected chi connectivity index (χ0v) is 24.3. The van der Waals surface area contributed by atoms with Gasteiger partial charge in [-0.2, -0.15) is 13.2 Å². The molecule has 0 fully saturated rings. The van der Waals surface area contributed by atoms with Crippen LogP contribution in [0, 0.1) is 0 Å². The number of carbonyl (C=O) groups excluding carboxylic acids is 5. The monoisotopic (exact) mass is 634 g/mol. The van der Waals surface area contributed by atoms with Crippen LogP contribution in [-0.4, -0.2) is 53.9 Å². The van der Waals surface area contributed by atoms with E-state index < -0.39 is 60.3 Å². The molecular weight excluding hydrogens is 593 g/mol. The third-order valence-electron chi connectivity index (χ3n) is 6.44. The number of alkyl halides is 3. The van der Waals surface area contributed by atoms with Gasteiger partial charge >= 0.3 is 12.3 Å². The second kappa shape index (κ2) is 16.6. The molecule has 0 saturated carbocycles. The van der Waals surface area contributed by atoms with E-state index in [2.05, 4.69) is 16.0 Å². The highest BCUT2D eigenvalue weighted by Gasteiger charge is 2.39. The molecule has 3 atom stereocenters. The number of benzene rings is 3. The molecule has 0 radical (unpaired) electrons. The SMILES string of the molecule is C[C@H](NC(=O)OCc1ccccc1)C(=O)NC(CC(F)(F)F)C(=O)N[C@@H](Cc1ccccc1)C(=O)C(=O)NCc1ccccc1.[HH].[HH].[HH].[HH]. The highest BCUT2D eigenvalue weighted by Crippen LogP contribution is 2.22. The van der Waals surface area contributed by atoms with Crippen molar-refractivity contribution in [1.29, 1.82) is 0 Å². The first kappa shape index (κ1) is 34.3. The van der Waals surface area contributed by atoms with Crippen LogP contribution in [0.25, 0.3) is 0 Å². The third kappa shape index (κ3) is 12.1. The predicted octanol–water partition coefficient (Wildman–Crippen LogP) is 4.34. The van der Waals surface area contributed by atoms with Crippen molar-refractivity contribution in [3.05, 3.63) is 108 Å². The number of halogens is 3. The smallest absolute Gasteiger partial charge is 0.408 e. The molecule has 1 unspecified atom stereocenters. The Hall–Kier alpha value is -5.20. The standard InChI is InChI=1S/C32H33F3N4O6.4H2/c1-21(37-31(44)45-20-24-15-9-4-10-16-24)28(41)39-26(18-32(33,34)35)29(42)38-25(17-22-11-5-2-6-12-22)27(40)30(43)36-19-23-13-7-3-8-14-23;;;;/h2-16,21,25-26H,17-20H2,1H3,(H,36,43)(H,37,44)(H,38,42)(H,39,41);4*1H/t21-,25-,26?;;;;/m0..../s1. The van der Waals surface area contributed by atoms with E-state index in [4.69, 9.17) is 4.74 Å². The van der Waals surface area contributed by atoms with Gasteiger partial charge in [0, 0.05) is 18.7 Å². The highest BCUT2D eigenvalue weighted by molar-refractivity contribution is 6.38. The van der Waals surface area contributed by atoms with E-state index in [0.29, 0.717) is 16.7 Å². The molecule has 10 nitrogen and oxygen atoms in total. The second-order valence-electron chi connectivity index (χ2n) is 10.1. The molecule has 0 aliphatic heterocycles. The van der Waals surface area contributed by atoms with Gasteiger partial charge in [-0.25, -0.2) is 4.79 Å². The van der Waals surface area contributed by atoms with Crippen LogP contribution in [0.5, 0.6) is 0 Å². The van der Waals surface area contributed by atoms with Crippen molar-refractivity contribution < 1.29 is 47.6 Å². The number of ether oxygens (including phenoxy) is 1. The lowest BCUT2D eigenvalue weighted by atomic mass is 10.0. The van der Waals surface area contributed by atoms with Crippen LogP contribution in [0.2, 0.25) is 0 Å². The van der Waals surface area contributed by atoms with E-state index in [0.717, 1.165) is 0 Å². The molecule has 3 aromatic rings. The summed E-state index contributed by atoms with van der Waals surface area (Å²) in [6, 6.07) is 20.4. The van der Waals surface area contributed by atoms with Crippen molar-refractivity contribution >= 4 is 29.6 Å². The number of carbonyl (C=O) groups is 5. The van der Waals surface area contributed by atoms with E-state index in [1.54, 1.807) is 91.0 Å². The van der Waals surface area contributed by atoms with Gasteiger partial charge in [0.05, 0.1) is 6.42 Å². The Labute approximate surface area is 263 Å². The third-order valence-corrected chi connectivity index (χ3v) is 6.44. The summed E-state index contributed by atoms with van der Waals surface area (Å²) in [5.41, 5.74) is 1.89. The normalized spacial score (nSPS) is 13.0. The minimum absolute atomic E-state index is 0. The van der Waals surface area contributed by atoms with E-state index >= 15 is 0 Å². The van der Waals surface area contributed by atoms with Gasteiger partial charge in [0.2, 0.25) is 17.6 Å². The maximum absolute atomic E-state index is 13.5. The van der Waals surface area contributed by atoms with Gasteiger partial charge in [-0.3, -0.25) is 19.2 Å². The van der Waals surface area contributed by atoms with Crippen molar-refractivity contribution in [2.75, 3.05) is 0 Å². The quantitative estimate of drug-likeness (QED) is 0.195. The fourth-order valence-corrected chi connectivity index (χ4v) is 4.10. The largest absolute Gasteiger partial charge is 0.445 e. The van der Waals surface area contributed by atoms with Gasteiger partial charge in [0.15, 0.2) is 0 Å². The van der Waals surface area contributed by atoms with Crippen molar-refractivity contribution in [3.8, 4) is 0 Å². The van der Waals surface area contributed by atoms with E-state index in [-0.39, 0.29) is 25.3 Å². The lowest BCUT2D eigenvalue weighted by Gasteiger charge is -2.25. The van der Waals surface area contributed by atoms with Crippen molar-refractivity contribution in [2.24, 2.45) is 0 Å². The van der Waals surface area contributed by atoms with Crippen LogP contribution in [0.3, 0.4) is 0 Å². The fourth-order valence-electron chi connectivity index (χ4n) is 4.10. The lowest BCUT2D eigenvalue weighted by Crippen LogP contribution is -2.57. The van der Waals surface area contributed by atoms with Crippen LogP contribution < -0.4 is 21.3 Å². The van der Waals surface area contributed by atoms with Gasteiger partial charge in [0.1, 0.15) is 24.7 Å². The minimum atomic E-state index is -4.90. The molecule has 0 aromatic heterocycles. The summed E-state index contributed by atoms with van der Waals surface area (Å²) in [5.74, 6) is -4.59. The summed E-state index contributed by atoms with van der Waals surface area (Å²) in [7, 11) is 0. The molecule has 13 heteroatoms. The average Bonchev–Trinajstić information content (AvgIpc) is 3.02. The summed E-state index contributed by atoms with van der Waals surface area (Å²) >= 11 is 0. The van der Waals surface area contributed by atoms with Crippen molar-refractivity contribution in [1.82, 2.24) is 21.3 Å². The summed E-state index contributed by atoms with van der Waals surface area (Å²) in [4.78, 5) is 63.9. The molecular formula is C32H41F3N4O6. The Morgan fingerprint density at radius 3 is 1.78 bits per heavy atom. The molecule has 0 aliphatic carbocycles. The number of rotatable bonds is 14. The Bertz CT molecular complexity index is 1460. The first-order valence-corrected chi connectivity index (χ1v) is 14.0. The average molecular weight is 635 g/mol. The summed E-state index contributed by atoms with van der Waals surface area (Å²) < 4.78 is 45.4. The summed E-state index contributed by atoms with van der Waals surface area (Å²) in [5, 5.41) is 8.85. The van der Waals surface area contributed by atoms with Gasteiger partial charge in [-0.15, -0.1) is 0 Å². The number of nitrogens with one attached hydrogen (secondary N) is 4. The molecule has 3 aromatic carbocycles. The number of amides is 4. The highest BCUT2D eigenvalue weighted by atomic mass is 19.4. The summed E-state index contributed by atoms with van der Waals surface area (Å²) in [6.45, 7) is 1.08. The fraction of sp³-hybridized carbons (Fsp3) is 0.281. The van der Waals surface area contributed by atoms with E-state index in [1.807, 2.05) is 5.32 Å². The molecule has 3 rings (SSSR count). The zero-order valence-electron chi connectivity index (χ0n) is 24.3. The van der Waals surface area contributed by atoms with Crippen molar-refractivity contribution in [3.63, 3.8) is 0 Å². The summed E-state index contributed by atoms with van der Waals surface area (Å²) in [6.07, 6.45) is -7.88. The molecule has 0 heterocycles. The minimum Gasteiger partial charge on any atom is -0.445 e. The molecule has 0 aliphatic rings. The first-order valence-electron chi connectivity index (χ1n) is 14.0. The van der Waals surface area contributed by atoms with Gasteiger partial charge in [0.25, 0.3) is 5.91 Å². The Balaban J connectivity index is 0. The molecule has 246 valence electrons. The maximum Gasteiger partial charge on any atom is 0.408 e. The van der Waals surface area contributed by atoms with E-state index in [9.17, 15) is 37.1 Å². The molecule has 4 amide bonds. The number of Topliss-reactive ketones (excluding diaryl/α,β-unsaturated/α-hetero) is 1. The van der Waals surface area contributed by atoms with Crippen LogP contribution in [-0.2, 0) is 43.5 Å². The van der Waals surface area contributed by atoms with E-state index in [1.165, 1.54) is 6.92 Å². The first-order chi connectivity index (χ1) is 21.4. The number of ketones is 1. The van der Waals surface area contributed by atoms with Crippen molar-refractivity contribution in [2.45, 2.75) is 57.2 Å². The van der Waals surface area contributed by atoms with Crippen LogP contribution >= 0.6 is 0 Å². The zero-order chi connectivity index (χ0) is 32.8. The Kier molecular flexibility index (Phi) is 12.6. The van der Waals surface area contributed by atoms with Crippen LogP contribution in [0.15, 0.2) is 91.0 Å². The molecule has 0 spiro atoms.